The third kappa shape index (κ3) is 5.48. The Balaban J connectivity index is 1.38. The first-order chi connectivity index (χ1) is 24.8. The summed E-state index contributed by atoms with van der Waals surface area (Å²) in [7, 11) is 0. The lowest BCUT2D eigenvalue weighted by Gasteiger charge is -2.49. The SMILES string of the molecule is CCOc1cccc([C@H]2C3=CC[C@@H]4C(=O)N(c5cc(C(F)(F)F)cc(C(F)(F)F)c5)C(=O)[C@@H]4[C@@H]3C[C@H]3C(=O)N(c4ccc(F)c(Cl)c4)C(=O)[C@@]23C)c1O. The molecule has 2 aliphatic heterocycles. The predicted molar refractivity (Wildman–Crippen MR) is 174 cm³/mol. The number of phenolic OH excluding ortho intramolecular Hbond substituents is 1. The molecule has 0 bridgehead atoms. The molecule has 0 aromatic heterocycles. The van der Waals surface area contributed by atoms with Crippen molar-refractivity contribution in [2.45, 2.75) is 45.0 Å². The maximum absolute atomic E-state index is 14.6. The van der Waals surface area contributed by atoms with Crippen LogP contribution in [0.4, 0.5) is 42.1 Å². The van der Waals surface area contributed by atoms with E-state index in [1.54, 1.807) is 19.1 Å². The van der Waals surface area contributed by atoms with Gasteiger partial charge in [-0.1, -0.05) is 35.4 Å². The van der Waals surface area contributed by atoms with E-state index in [9.17, 15) is 55.0 Å². The van der Waals surface area contributed by atoms with E-state index in [1.807, 2.05) is 0 Å². The number of rotatable bonds is 5. The Hall–Kier alpha value is -4.92. The van der Waals surface area contributed by atoms with E-state index in [2.05, 4.69) is 0 Å². The molecule has 3 aromatic carbocycles. The van der Waals surface area contributed by atoms with Gasteiger partial charge in [-0.15, -0.1) is 0 Å². The topological polar surface area (TPSA) is 104 Å². The molecule has 53 heavy (non-hydrogen) atoms. The van der Waals surface area contributed by atoms with Crippen molar-refractivity contribution in [2.24, 2.45) is 29.1 Å². The van der Waals surface area contributed by atoms with Crippen molar-refractivity contribution < 1.29 is 59.8 Å². The fourth-order valence-electron chi connectivity index (χ4n) is 8.60. The minimum Gasteiger partial charge on any atom is -0.504 e. The van der Waals surface area contributed by atoms with Crippen molar-refractivity contribution in [1.29, 1.82) is 0 Å². The first-order valence-corrected chi connectivity index (χ1v) is 16.8. The molecule has 0 radical (unpaired) electrons. The Morgan fingerprint density at radius 2 is 1.53 bits per heavy atom. The molecule has 278 valence electrons. The number of aromatic hydroxyl groups is 1. The Kier molecular flexibility index (Phi) is 8.47. The molecule has 4 amide bonds. The van der Waals surface area contributed by atoms with E-state index in [4.69, 9.17) is 16.3 Å². The lowest BCUT2D eigenvalue weighted by molar-refractivity contribution is -0.143. The third-order valence-corrected chi connectivity index (χ3v) is 11.2. The number of anilines is 2. The predicted octanol–water partition coefficient (Wildman–Crippen LogP) is 8.06. The van der Waals surface area contributed by atoms with E-state index in [-0.39, 0.29) is 53.3 Å². The van der Waals surface area contributed by atoms with Crippen LogP contribution in [0, 0.1) is 34.9 Å². The van der Waals surface area contributed by atoms with E-state index < -0.39 is 93.6 Å². The zero-order valence-electron chi connectivity index (χ0n) is 27.7. The summed E-state index contributed by atoms with van der Waals surface area (Å²) in [5.41, 5.74) is -5.55. The zero-order valence-corrected chi connectivity index (χ0v) is 28.4. The molecule has 16 heteroatoms. The standard InChI is InChI=1S/C37H28ClF7N2O6/c1-3-53-27-6-4-5-22(30(27)48)29-20-8-9-21-28(33(51)46(31(21)49)19-12-16(36(40,41)42)11-17(13-19)37(43,44)45)23(20)15-24-32(50)47(34(52)35(24,29)2)18-7-10-26(39)25(38)14-18/h4-8,10-14,21,23-24,28-29,48H,3,9,15H2,1-2H3/t21-,23+,24-,28-,29+,35+/m0/s1. The van der Waals surface area contributed by atoms with Crippen LogP contribution in [0.2, 0.25) is 5.02 Å². The number of nitrogens with zero attached hydrogens (tertiary/aromatic N) is 2. The molecular formula is C37H28ClF7N2O6. The number of phenols is 1. The van der Waals surface area contributed by atoms with E-state index in [1.165, 1.54) is 25.1 Å². The number of hydrogen-bond acceptors (Lipinski definition) is 6. The average molecular weight is 765 g/mol. The second-order valence-electron chi connectivity index (χ2n) is 13.7. The molecule has 0 unspecified atom stereocenters. The summed E-state index contributed by atoms with van der Waals surface area (Å²) in [6.07, 6.45) is -9.34. The van der Waals surface area contributed by atoms with Gasteiger partial charge in [0.2, 0.25) is 23.6 Å². The van der Waals surface area contributed by atoms with Crippen LogP contribution in [0.3, 0.4) is 0 Å². The minimum atomic E-state index is -5.25. The van der Waals surface area contributed by atoms with Crippen LogP contribution >= 0.6 is 11.6 Å². The molecular weight excluding hydrogens is 737 g/mol. The van der Waals surface area contributed by atoms with Gasteiger partial charge in [0.05, 0.1) is 57.3 Å². The minimum absolute atomic E-state index is 0.0452. The summed E-state index contributed by atoms with van der Waals surface area (Å²) in [5.74, 6) is -10.7. The summed E-state index contributed by atoms with van der Waals surface area (Å²) in [6.45, 7) is 3.33. The Labute approximate surface area is 301 Å². The number of halogens is 8. The first kappa shape index (κ1) is 36.4. The molecule has 0 spiro atoms. The molecule has 2 saturated heterocycles. The van der Waals surface area contributed by atoms with Crippen LogP contribution in [0.25, 0.3) is 0 Å². The number of ether oxygens (including phenoxy) is 1. The number of para-hydroxylation sites is 1. The second-order valence-corrected chi connectivity index (χ2v) is 14.1. The van der Waals surface area contributed by atoms with Gasteiger partial charge < -0.3 is 9.84 Å². The highest BCUT2D eigenvalue weighted by atomic mass is 35.5. The zero-order chi connectivity index (χ0) is 38.5. The molecule has 2 aliphatic carbocycles. The van der Waals surface area contributed by atoms with Crippen molar-refractivity contribution in [3.8, 4) is 11.5 Å². The van der Waals surface area contributed by atoms with Gasteiger partial charge in [-0.2, -0.15) is 26.3 Å². The largest absolute Gasteiger partial charge is 0.504 e. The first-order valence-electron chi connectivity index (χ1n) is 16.5. The molecule has 1 N–H and O–H groups in total. The van der Waals surface area contributed by atoms with Gasteiger partial charge in [-0.3, -0.25) is 19.2 Å². The normalized spacial score (nSPS) is 27.1. The van der Waals surface area contributed by atoms with Crippen LogP contribution in [-0.4, -0.2) is 35.3 Å². The summed E-state index contributed by atoms with van der Waals surface area (Å²) in [5, 5.41) is 11.1. The number of fused-ring (bicyclic) bond motifs is 4. The summed E-state index contributed by atoms with van der Waals surface area (Å²) in [6, 6.07) is 8.28. The Morgan fingerprint density at radius 1 is 0.868 bits per heavy atom. The summed E-state index contributed by atoms with van der Waals surface area (Å²) in [4.78, 5) is 58.2. The summed E-state index contributed by atoms with van der Waals surface area (Å²) >= 11 is 6.01. The van der Waals surface area contributed by atoms with Gasteiger partial charge in [0.1, 0.15) is 5.82 Å². The van der Waals surface area contributed by atoms with Crippen LogP contribution in [0.15, 0.2) is 66.2 Å². The molecule has 3 aromatic rings. The molecule has 7 rings (SSSR count). The van der Waals surface area contributed by atoms with Gasteiger partial charge in [0.15, 0.2) is 11.5 Å². The molecule has 3 fully saturated rings. The highest BCUT2D eigenvalue weighted by Crippen LogP contribution is 2.65. The van der Waals surface area contributed by atoms with E-state index >= 15 is 0 Å². The van der Waals surface area contributed by atoms with Crippen LogP contribution in [0.1, 0.15) is 49.3 Å². The fraction of sp³-hybridized carbons (Fsp3) is 0.351. The molecule has 6 atom stereocenters. The van der Waals surface area contributed by atoms with Crippen LogP contribution in [0.5, 0.6) is 11.5 Å². The molecule has 4 aliphatic rings. The van der Waals surface area contributed by atoms with Gasteiger partial charge in [0.25, 0.3) is 0 Å². The van der Waals surface area contributed by atoms with Gasteiger partial charge in [0, 0.05) is 11.5 Å². The number of imide groups is 2. The maximum atomic E-state index is 14.6. The number of benzene rings is 3. The summed E-state index contributed by atoms with van der Waals surface area (Å²) < 4.78 is 102. The second kappa shape index (κ2) is 12.3. The lowest BCUT2D eigenvalue weighted by atomic mass is 9.51. The van der Waals surface area contributed by atoms with Crippen molar-refractivity contribution >= 4 is 46.6 Å². The smallest absolute Gasteiger partial charge is 0.416 e. The highest BCUT2D eigenvalue weighted by molar-refractivity contribution is 6.32. The number of carbonyl (C=O) groups excluding carboxylic acids is 4. The number of hydrogen-bond donors (Lipinski definition) is 1. The quantitative estimate of drug-likeness (QED) is 0.160. The molecule has 1 saturated carbocycles. The van der Waals surface area contributed by atoms with Gasteiger partial charge in [-0.05, 0) is 75.1 Å². The van der Waals surface area contributed by atoms with Crippen LogP contribution < -0.4 is 14.5 Å². The maximum Gasteiger partial charge on any atom is 0.416 e. The monoisotopic (exact) mass is 764 g/mol. The van der Waals surface area contributed by atoms with Crippen molar-refractivity contribution in [3.63, 3.8) is 0 Å². The van der Waals surface area contributed by atoms with Crippen molar-refractivity contribution in [3.05, 3.63) is 93.8 Å². The lowest BCUT2D eigenvalue weighted by Crippen LogP contribution is -2.48. The number of alkyl halides is 6. The van der Waals surface area contributed by atoms with Gasteiger partial charge in [-0.25, -0.2) is 14.2 Å². The Bertz CT molecular complexity index is 2100. The number of carbonyl (C=O) groups is 4. The number of amides is 4. The average Bonchev–Trinajstić information content (AvgIpc) is 3.45. The third-order valence-electron chi connectivity index (χ3n) is 10.9. The highest BCUT2D eigenvalue weighted by Gasteiger charge is 2.68. The number of allylic oxidation sites excluding steroid dienone is 2. The Morgan fingerprint density at radius 3 is 2.13 bits per heavy atom. The van der Waals surface area contributed by atoms with Crippen molar-refractivity contribution in [2.75, 3.05) is 16.4 Å². The molecule has 2 heterocycles. The molecule has 8 nitrogen and oxygen atoms in total. The van der Waals surface area contributed by atoms with Crippen molar-refractivity contribution in [1.82, 2.24) is 0 Å². The van der Waals surface area contributed by atoms with Gasteiger partial charge >= 0.3 is 12.4 Å². The van der Waals surface area contributed by atoms with E-state index in [0.717, 1.165) is 17.0 Å². The fourth-order valence-corrected chi connectivity index (χ4v) is 8.77. The van der Waals surface area contributed by atoms with E-state index in [0.29, 0.717) is 22.6 Å². The van der Waals surface area contributed by atoms with Crippen LogP contribution in [-0.2, 0) is 31.5 Å².